The monoisotopic (exact) mass is 356 g/mol. The van der Waals surface area contributed by atoms with Crippen molar-refractivity contribution in [3.05, 3.63) is 59.9 Å². The van der Waals surface area contributed by atoms with Crippen LogP contribution in [-0.2, 0) is 21.0 Å². The Balaban J connectivity index is 1.64. The lowest BCUT2D eigenvalue weighted by Gasteiger charge is -2.17. The number of ketones is 1. The van der Waals surface area contributed by atoms with E-state index in [-0.39, 0.29) is 31.3 Å². The molecule has 1 atom stereocenters. The van der Waals surface area contributed by atoms with Crippen LogP contribution in [-0.4, -0.2) is 24.1 Å². The van der Waals surface area contributed by atoms with Crippen molar-refractivity contribution in [2.45, 2.75) is 13.0 Å². The predicted octanol–water partition coefficient (Wildman–Crippen LogP) is 1.81. The van der Waals surface area contributed by atoms with Gasteiger partial charge in [-0.2, -0.15) is 0 Å². The molecule has 2 aromatic carbocycles. The Bertz CT molecular complexity index is 851. The summed E-state index contributed by atoms with van der Waals surface area (Å²) in [5.41, 5.74) is 6.03. The lowest BCUT2D eigenvalue weighted by molar-refractivity contribution is -0.138. The fourth-order valence-corrected chi connectivity index (χ4v) is 2.83. The average molecular weight is 356 g/mol. The Morgan fingerprint density at radius 1 is 1.15 bits per heavy atom. The molecular weight excluding hydrogens is 339 g/mol. The first-order valence-corrected chi connectivity index (χ1v) is 8.06. The fraction of sp³-hybridized carbons (Fsp3) is 0.211. The zero-order chi connectivity index (χ0) is 18.7. The highest BCUT2D eigenvalue weighted by molar-refractivity contribution is 6.37. The van der Waals surface area contributed by atoms with E-state index in [0.717, 1.165) is 0 Å². The number of primary amides is 1. The number of benzene rings is 2. The van der Waals surface area contributed by atoms with Crippen LogP contribution < -0.4 is 15.4 Å². The van der Waals surface area contributed by atoms with Crippen LogP contribution in [0.15, 0.2) is 48.5 Å². The molecule has 0 saturated carbocycles. The summed E-state index contributed by atoms with van der Waals surface area (Å²) in [6.07, 6.45) is -0.0344. The van der Waals surface area contributed by atoms with Crippen molar-refractivity contribution in [1.29, 1.82) is 0 Å². The average Bonchev–Trinajstić information content (AvgIpc) is 3.02. The number of nitrogens with two attached hydrogens (primary N) is 1. The minimum Gasteiger partial charge on any atom is -0.489 e. The number of nitrogens with zero attached hydrogens (tertiary/aromatic N) is 1. The summed E-state index contributed by atoms with van der Waals surface area (Å²) < 4.78 is 19.1. The number of hydrogen-bond donors (Lipinski definition) is 1. The van der Waals surface area contributed by atoms with Crippen molar-refractivity contribution < 1.29 is 23.5 Å². The third kappa shape index (κ3) is 3.72. The van der Waals surface area contributed by atoms with E-state index in [2.05, 4.69) is 0 Å². The Kier molecular flexibility index (Phi) is 4.97. The first kappa shape index (κ1) is 17.6. The second kappa shape index (κ2) is 7.35. The van der Waals surface area contributed by atoms with E-state index >= 15 is 0 Å². The van der Waals surface area contributed by atoms with Crippen molar-refractivity contribution in [1.82, 2.24) is 0 Å². The smallest absolute Gasteiger partial charge is 0.285 e. The summed E-state index contributed by atoms with van der Waals surface area (Å²) in [5, 5.41) is 0. The number of hydrogen-bond acceptors (Lipinski definition) is 4. The molecule has 2 amide bonds. The maximum Gasteiger partial charge on any atom is 0.285 e. The first-order chi connectivity index (χ1) is 12.5. The highest BCUT2D eigenvalue weighted by Crippen LogP contribution is 2.27. The van der Waals surface area contributed by atoms with E-state index < -0.39 is 17.6 Å². The van der Waals surface area contributed by atoms with Crippen LogP contribution in [0.5, 0.6) is 5.75 Å². The topological polar surface area (TPSA) is 89.7 Å². The van der Waals surface area contributed by atoms with Gasteiger partial charge in [-0.1, -0.05) is 18.2 Å². The van der Waals surface area contributed by atoms with E-state index in [0.29, 0.717) is 17.0 Å². The quantitative estimate of drug-likeness (QED) is 0.800. The van der Waals surface area contributed by atoms with Crippen LogP contribution in [0.4, 0.5) is 10.1 Å². The summed E-state index contributed by atoms with van der Waals surface area (Å²) in [6, 6.07) is 13.0. The van der Waals surface area contributed by atoms with Gasteiger partial charge < -0.3 is 15.4 Å². The fourth-order valence-electron chi connectivity index (χ4n) is 2.83. The van der Waals surface area contributed by atoms with Gasteiger partial charge in [0.15, 0.2) is 0 Å². The van der Waals surface area contributed by atoms with Crippen LogP contribution in [0.1, 0.15) is 12.0 Å². The molecule has 6 nitrogen and oxygen atoms in total. The third-order valence-electron chi connectivity index (χ3n) is 4.24. The zero-order valence-corrected chi connectivity index (χ0v) is 13.9. The molecule has 7 heteroatoms. The molecule has 0 spiro atoms. The minimum atomic E-state index is -1.03. The van der Waals surface area contributed by atoms with E-state index in [9.17, 15) is 18.8 Å². The summed E-state index contributed by atoms with van der Waals surface area (Å²) in [4.78, 5) is 36.2. The number of carbonyl (C=O) groups excluding carboxylic acids is 3. The lowest BCUT2D eigenvalue weighted by atomic mass is 10.0. The van der Waals surface area contributed by atoms with E-state index in [1.165, 1.54) is 11.0 Å². The van der Waals surface area contributed by atoms with Crippen LogP contribution >= 0.6 is 0 Å². The Morgan fingerprint density at radius 2 is 1.85 bits per heavy atom. The van der Waals surface area contributed by atoms with E-state index in [1.54, 1.807) is 42.5 Å². The molecule has 1 fully saturated rings. The van der Waals surface area contributed by atoms with Gasteiger partial charge in [0.1, 0.15) is 18.2 Å². The first-order valence-electron chi connectivity index (χ1n) is 8.06. The Labute approximate surface area is 149 Å². The maximum atomic E-state index is 13.6. The second-order valence-corrected chi connectivity index (χ2v) is 6.01. The molecule has 2 aromatic rings. The van der Waals surface area contributed by atoms with Gasteiger partial charge in [-0.15, -0.1) is 0 Å². The molecule has 1 unspecified atom stereocenters. The molecule has 2 N–H and O–H groups in total. The van der Waals surface area contributed by atoms with Gasteiger partial charge >= 0.3 is 0 Å². The van der Waals surface area contributed by atoms with Crippen molar-refractivity contribution in [3.63, 3.8) is 0 Å². The third-order valence-corrected chi connectivity index (χ3v) is 4.24. The minimum absolute atomic E-state index is 0.0344. The summed E-state index contributed by atoms with van der Waals surface area (Å²) in [6.45, 7) is 0.208. The highest BCUT2D eigenvalue weighted by Gasteiger charge is 2.36. The lowest BCUT2D eigenvalue weighted by Crippen LogP contribution is -2.32. The molecule has 134 valence electrons. The summed E-state index contributed by atoms with van der Waals surface area (Å²) >= 11 is 0. The number of Topliss-reactive ketones (excluding diaryl/α,β-unsaturated/α-hetero) is 1. The molecule has 1 heterocycles. The van der Waals surface area contributed by atoms with Crippen molar-refractivity contribution in [2.24, 2.45) is 11.7 Å². The molecule has 0 aromatic heterocycles. The molecule has 1 aliphatic heterocycles. The number of amides is 2. The molecular formula is C19H17FN2O4. The van der Waals surface area contributed by atoms with Gasteiger partial charge in [-0.3, -0.25) is 14.4 Å². The molecule has 0 radical (unpaired) electrons. The zero-order valence-electron chi connectivity index (χ0n) is 13.9. The number of anilines is 1. The van der Waals surface area contributed by atoms with Gasteiger partial charge in [-0.25, -0.2) is 4.39 Å². The second-order valence-electron chi connectivity index (χ2n) is 6.01. The maximum absolute atomic E-state index is 13.6. The van der Waals surface area contributed by atoms with Crippen molar-refractivity contribution >= 4 is 23.3 Å². The van der Waals surface area contributed by atoms with Gasteiger partial charge in [0.2, 0.25) is 11.7 Å². The molecule has 0 bridgehead atoms. The van der Waals surface area contributed by atoms with Crippen LogP contribution in [0, 0.1) is 11.7 Å². The number of carbonyl (C=O) groups is 3. The number of ether oxygens (including phenoxy) is 1. The molecule has 1 aliphatic rings. The van der Waals surface area contributed by atoms with Gasteiger partial charge in [0, 0.05) is 24.2 Å². The number of rotatable bonds is 6. The Morgan fingerprint density at radius 3 is 2.50 bits per heavy atom. The molecule has 1 saturated heterocycles. The number of halogens is 1. The highest BCUT2D eigenvalue weighted by atomic mass is 19.1. The Hall–Kier alpha value is -3.22. The van der Waals surface area contributed by atoms with E-state index in [1.807, 2.05) is 0 Å². The SMILES string of the molecule is NC(=O)C(=O)C1CC(=O)N(c2ccc(OCc3ccccc3F)cc2)C1. The molecule has 3 rings (SSSR count). The van der Waals surface area contributed by atoms with Gasteiger partial charge in [0.25, 0.3) is 5.91 Å². The molecule has 0 aliphatic carbocycles. The van der Waals surface area contributed by atoms with Gasteiger partial charge in [-0.05, 0) is 30.3 Å². The van der Waals surface area contributed by atoms with Crippen molar-refractivity contribution in [2.75, 3.05) is 11.4 Å². The van der Waals surface area contributed by atoms with Gasteiger partial charge in [0.05, 0.1) is 5.92 Å². The standard InChI is InChI=1S/C19H17FN2O4/c20-16-4-2-1-3-12(16)11-26-15-7-5-14(6-8-15)22-10-13(9-17(22)23)18(24)19(21)25/h1-8,13H,9-11H2,(H2,21,25). The van der Waals surface area contributed by atoms with Crippen molar-refractivity contribution in [3.8, 4) is 5.75 Å². The van der Waals surface area contributed by atoms with Crippen LogP contribution in [0.2, 0.25) is 0 Å². The predicted molar refractivity (Wildman–Crippen MR) is 91.8 cm³/mol. The summed E-state index contributed by atoms with van der Waals surface area (Å²) in [7, 11) is 0. The largest absolute Gasteiger partial charge is 0.489 e. The van der Waals surface area contributed by atoms with Crippen LogP contribution in [0.3, 0.4) is 0 Å². The van der Waals surface area contributed by atoms with Crippen LogP contribution in [0.25, 0.3) is 0 Å². The normalized spacial score (nSPS) is 16.6. The summed E-state index contributed by atoms with van der Waals surface area (Å²) in [5.74, 6) is -2.53. The molecule has 26 heavy (non-hydrogen) atoms. The van der Waals surface area contributed by atoms with E-state index in [4.69, 9.17) is 10.5 Å².